The van der Waals surface area contributed by atoms with Gasteiger partial charge in [-0.1, -0.05) is 13.8 Å². The van der Waals surface area contributed by atoms with E-state index in [2.05, 4.69) is 37.2 Å². The summed E-state index contributed by atoms with van der Waals surface area (Å²) in [7, 11) is 0. The van der Waals surface area contributed by atoms with E-state index in [1.165, 1.54) is 0 Å². The molecule has 0 aliphatic heterocycles. The molecule has 0 radical (unpaired) electrons. The van der Waals surface area contributed by atoms with Gasteiger partial charge >= 0.3 is 5.97 Å². The SMILES string of the molecule is CCC(C)C(=O)OCC(=O)Nc1c(Br)cc(C)cc1Br. The molecular weight excluding hydrogens is 390 g/mol. The third kappa shape index (κ3) is 4.90. The van der Waals surface area contributed by atoms with Crippen LogP contribution in [-0.2, 0) is 14.3 Å². The Morgan fingerprint density at radius 2 is 1.85 bits per heavy atom. The van der Waals surface area contributed by atoms with Gasteiger partial charge in [0.1, 0.15) is 0 Å². The van der Waals surface area contributed by atoms with Crippen molar-refractivity contribution in [3.63, 3.8) is 0 Å². The van der Waals surface area contributed by atoms with Gasteiger partial charge in [0.25, 0.3) is 5.91 Å². The first-order valence-electron chi connectivity index (χ1n) is 6.27. The van der Waals surface area contributed by atoms with Crippen molar-refractivity contribution in [3.8, 4) is 0 Å². The van der Waals surface area contributed by atoms with Crippen LogP contribution in [0.2, 0.25) is 0 Å². The number of carbonyl (C=O) groups excluding carboxylic acids is 2. The maximum Gasteiger partial charge on any atom is 0.309 e. The quantitative estimate of drug-likeness (QED) is 0.750. The Morgan fingerprint density at radius 3 is 2.35 bits per heavy atom. The Kier molecular flexibility index (Phi) is 6.68. The number of nitrogens with one attached hydrogen (secondary N) is 1. The lowest BCUT2D eigenvalue weighted by molar-refractivity contribution is -0.151. The lowest BCUT2D eigenvalue weighted by Gasteiger charge is -2.12. The van der Waals surface area contributed by atoms with Gasteiger partial charge in [-0.25, -0.2) is 0 Å². The zero-order chi connectivity index (χ0) is 15.3. The third-order valence-corrected chi connectivity index (χ3v) is 4.06. The molecule has 1 atom stereocenters. The van der Waals surface area contributed by atoms with Crippen LogP contribution in [0.4, 0.5) is 5.69 Å². The molecule has 0 aromatic heterocycles. The third-order valence-electron chi connectivity index (χ3n) is 2.81. The van der Waals surface area contributed by atoms with Crippen molar-refractivity contribution < 1.29 is 14.3 Å². The average molecular weight is 407 g/mol. The summed E-state index contributed by atoms with van der Waals surface area (Å²) in [6.07, 6.45) is 0.690. The Morgan fingerprint density at radius 1 is 1.30 bits per heavy atom. The minimum absolute atomic E-state index is 0.194. The van der Waals surface area contributed by atoms with Crippen molar-refractivity contribution in [1.29, 1.82) is 0 Å². The number of hydrogen-bond acceptors (Lipinski definition) is 3. The lowest BCUT2D eigenvalue weighted by Crippen LogP contribution is -2.23. The minimum atomic E-state index is -0.369. The minimum Gasteiger partial charge on any atom is -0.455 e. The van der Waals surface area contributed by atoms with Crippen LogP contribution in [-0.4, -0.2) is 18.5 Å². The molecule has 0 aliphatic rings. The molecule has 0 spiro atoms. The Labute approximate surface area is 135 Å². The zero-order valence-electron chi connectivity index (χ0n) is 11.6. The van der Waals surface area contributed by atoms with Crippen LogP contribution in [0.15, 0.2) is 21.1 Å². The Balaban J connectivity index is 2.62. The summed E-state index contributed by atoms with van der Waals surface area (Å²) in [5.74, 6) is -0.919. The van der Waals surface area contributed by atoms with Crippen LogP contribution in [0.5, 0.6) is 0 Å². The van der Waals surface area contributed by atoms with Crippen molar-refractivity contribution in [2.45, 2.75) is 27.2 Å². The number of aryl methyl sites for hydroxylation is 1. The number of carbonyl (C=O) groups is 2. The second-order valence-corrected chi connectivity index (χ2v) is 6.28. The first kappa shape index (κ1) is 17.2. The summed E-state index contributed by atoms with van der Waals surface area (Å²) >= 11 is 6.78. The highest BCUT2D eigenvalue weighted by Crippen LogP contribution is 2.32. The molecule has 1 aromatic rings. The van der Waals surface area contributed by atoms with Gasteiger partial charge in [0.05, 0.1) is 11.6 Å². The lowest BCUT2D eigenvalue weighted by atomic mass is 10.1. The van der Waals surface area contributed by atoms with E-state index in [0.717, 1.165) is 14.5 Å². The van der Waals surface area contributed by atoms with Crippen molar-refractivity contribution in [1.82, 2.24) is 0 Å². The molecule has 1 N–H and O–H groups in total. The summed E-state index contributed by atoms with van der Waals surface area (Å²) in [5.41, 5.74) is 1.69. The fourth-order valence-electron chi connectivity index (χ4n) is 1.44. The standard InChI is InChI=1S/C14H17Br2NO3/c1-4-9(3)14(19)20-7-12(18)17-13-10(15)5-8(2)6-11(13)16/h5-6,9H,4,7H2,1-3H3,(H,17,18). The van der Waals surface area contributed by atoms with E-state index in [1.807, 2.05) is 26.0 Å². The van der Waals surface area contributed by atoms with Crippen LogP contribution in [0.25, 0.3) is 0 Å². The van der Waals surface area contributed by atoms with Crippen LogP contribution >= 0.6 is 31.9 Å². The summed E-state index contributed by atoms with van der Waals surface area (Å²) < 4.78 is 6.49. The fourth-order valence-corrected chi connectivity index (χ4v) is 3.05. The smallest absolute Gasteiger partial charge is 0.309 e. The second-order valence-electron chi connectivity index (χ2n) is 4.57. The topological polar surface area (TPSA) is 55.4 Å². The summed E-state index contributed by atoms with van der Waals surface area (Å²) in [6, 6.07) is 3.79. The number of ether oxygens (including phenoxy) is 1. The van der Waals surface area contributed by atoms with E-state index in [9.17, 15) is 9.59 Å². The molecule has 0 fully saturated rings. The molecule has 1 aromatic carbocycles. The zero-order valence-corrected chi connectivity index (χ0v) is 14.8. The number of rotatable bonds is 5. The highest BCUT2D eigenvalue weighted by atomic mass is 79.9. The van der Waals surface area contributed by atoms with Gasteiger partial charge in [-0.2, -0.15) is 0 Å². The number of esters is 1. The van der Waals surface area contributed by atoms with Crippen molar-refractivity contribution in [2.75, 3.05) is 11.9 Å². The largest absolute Gasteiger partial charge is 0.455 e. The maximum absolute atomic E-state index is 11.8. The average Bonchev–Trinajstić information content (AvgIpc) is 2.39. The highest BCUT2D eigenvalue weighted by molar-refractivity contribution is 9.11. The molecular formula is C14H17Br2NO3. The molecule has 1 rings (SSSR count). The molecule has 0 bridgehead atoms. The predicted octanol–water partition coefficient (Wildman–Crippen LogP) is 4.05. The Hall–Kier alpha value is -0.880. The number of hydrogen-bond donors (Lipinski definition) is 1. The van der Waals surface area contributed by atoms with Gasteiger partial charge in [0.2, 0.25) is 0 Å². The predicted molar refractivity (Wildman–Crippen MR) is 85.6 cm³/mol. The maximum atomic E-state index is 11.8. The summed E-state index contributed by atoms with van der Waals surface area (Å²) in [6.45, 7) is 5.34. The van der Waals surface area contributed by atoms with Gasteiger partial charge in [-0.3, -0.25) is 9.59 Å². The summed E-state index contributed by atoms with van der Waals surface area (Å²) in [4.78, 5) is 23.3. The van der Waals surface area contributed by atoms with Crippen molar-refractivity contribution in [3.05, 3.63) is 26.6 Å². The molecule has 0 saturated carbocycles. The van der Waals surface area contributed by atoms with Crippen molar-refractivity contribution in [2.24, 2.45) is 5.92 Å². The van der Waals surface area contributed by atoms with Crippen LogP contribution in [0.3, 0.4) is 0 Å². The fraction of sp³-hybridized carbons (Fsp3) is 0.429. The van der Waals surface area contributed by atoms with Gasteiger partial charge in [-0.15, -0.1) is 0 Å². The number of halogens is 2. The van der Waals surface area contributed by atoms with Crippen molar-refractivity contribution >= 4 is 49.4 Å². The van der Waals surface area contributed by atoms with E-state index in [-0.39, 0.29) is 24.4 Å². The van der Waals surface area contributed by atoms with Gasteiger partial charge in [0, 0.05) is 8.95 Å². The normalized spacial score (nSPS) is 11.8. The Bertz CT molecular complexity index is 494. The van der Waals surface area contributed by atoms with E-state index in [4.69, 9.17) is 4.74 Å². The van der Waals surface area contributed by atoms with E-state index >= 15 is 0 Å². The van der Waals surface area contributed by atoms with E-state index in [0.29, 0.717) is 12.1 Å². The monoisotopic (exact) mass is 405 g/mol. The first-order valence-corrected chi connectivity index (χ1v) is 7.85. The van der Waals surface area contributed by atoms with Crippen LogP contribution < -0.4 is 5.32 Å². The molecule has 6 heteroatoms. The molecule has 110 valence electrons. The molecule has 0 heterocycles. The van der Waals surface area contributed by atoms with Crippen LogP contribution in [0.1, 0.15) is 25.8 Å². The summed E-state index contributed by atoms with van der Waals surface area (Å²) in [5, 5.41) is 2.71. The highest BCUT2D eigenvalue weighted by Gasteiger charge is 2.15. The van der Waals surface area contributed by atoms with Gasteiger partial charge < -0.3 is 10.1 Å². The molecule has 0 aliphatic carbocycles. The van der Waals surface area contributed by atoms with Gasteiger partial charge in [0.15, 0.2) is 6.61 Å². The van der Waals surface area contributed by atoms with Gasteiger partial charge in [-0.05, 0) is 62.9 Å². The number of amides is 1. The molecule has 0 saturated heterocycles. The number of anilines is 1. The molecule has 1 amide bonds. The molecule has 20 heavy (non-hydrogen) atoms. The van der Waals surface area contributed by atoms with E-state index in [1.54, 1.807) is 6.92 Å². The van der Waals surface area contributed by atoms with E-state index < -0.39 is 0 Å². The number of benzene rings is 1. The second kappa shape index (κ2) is 7.78. The van der Waals surface area contributed by atoms with Crippen LogP contribution in [0, 0.1) is 12.8 Å². The first-order chi connectivity index (χ1) is 9.35. The molecule has 1 unspecified atom stereocenters. The molecule has 4 nitrogen and oxygen atoms in total.